The van der Waals surface area contributed by atoms with Crippen molar-refractivity contribution >= 4 is 23.1 Å². The molecule has 7 nitrogen and oxygen atoms in total. The van der Waals surface area contributed by atoms with E-state index in [1.165, 1.54) is 0 Å². The quantitative estimate of drug-likeness (QED) is 0.897. The second-order valence-corrected chi connectivity index (χ2v) is 7.59. The number of alkyl halides is 1. The van der Waals surface area contributed by atoms with Gasteiger partial charge in [-0.15, -0.1) is 0 Å². The van der Waals surface area contributed by atoms with E-state index in [-0.39, 0.29) is 18.0 Å². The Balaban J connectivity index is 1.36. The molecule has 2 fully saturated rings. The van der Waals surface area contributed by atoms with Crippen LogP contribution in [-0.4, -0.2) is 48.8 Å². The van der Waals surface area contributed by atoms with E-state index < -0.39 is 12.1 Å². The van der Waals surface area contributed by atoms with Crippen LogP contribution in [0.25, 0.3) is 5.57 Å². The van der Waals surface area contributed by atoms with Crippen LogP contribution in [0.3, 0.4) is 0 Å². The highest BCUT2D eigenvalue weighted by molar-refractivity contribution is 5.84. The Kier molecular flexibility index (Phi) is 3.73. The fraction of sp³-hybridized carbons (Fsp3) is 0.474. The minimum atomic E-state index is -0.940. The van der Waals surface area contributed by atoms with Gasteiger partial charge in [0.05, 0.1) is 29.5 Å². The van der Waals surface area contributed by atoms with Crippen LogP contribution in [0, 0.1) is 5.92 Å². The number of nitrogens with one attached hydrogen (secondary N) is 1. The van der Waals surface area contributed by atoms with E-state index in [4.69, 9.17) is 0 Å². The van der Waals surface area contributed by atoms with E-state index in [2.05, 4.69) is 26.5 Å². The molecule has 0 aromatic carbocycles. The largest absolute Gasteiger partial charge is 0.333 e. The second-order valence-electron chi connectivity index (χ2n) is 7.59. The van der Waals surface area contributed by atoms with Crippen LogP contribution in [0.5, 0.6) is 0 Å². The number of fused-ring (bicyclic) bond motifs is 2. The summed E-state index contributed by atoms with van der Waals surface area (Å²) in [4.78, 5) is 23.4. The number of hydrogen-bond acceptors (Lipinski definition) is 5. The third-order valence-electron chi connectivity index (χ3n) is 5.63. The van der Waals surface area contributed by atoms with Gasteiger partial charge in [0.25, 0.3) is 0 Å². The first kappa shape index (κ1) is 16.4. The van der Waals surface area contributed by atoms with Crippen molar-refractivity contribution in [3.63, 3.8) is 0 Å². The highest BCUT2D eigenvalue weighted by atomic mass is 19.1. The molecule has 1 N–H and O–H groups in total. The number of aromatic nitrogens is 4. The maximum absolute atomic E-state index is 13.3. The minimum Gasteiger partial charge on any atom is -0.333 e. The zero-order valence-electron chi connectivity index (χ0n) is 15.0. The van der Waals surface area contributed by atoms with Gasteiger partial charge >= 0.3 is 0 Å². The lowest BCUT2D eigenvalue weighted by Crippen LogP contribution is -2.44. The van der Waals surface area contributed by atoms with Gasteiger partial charge in [0.15, 0.2) is 0 Å². The average Bonchev–Trinajstić information content (AvgIpc) is 3.16. The molecule has 2 aromatic rings. The van der Waals surface area contributed by atoms with Gasteiger partial charge in [0, 0.05) is 25.5 Å². The predicted molar refractivity (Wildman–Crippen MR) is 97.8 cm³/mol. The number of nitrogens with zero attached hydrogens (tertiary/aromatic N) is 5. The normalized spacial score (nSPS) is 28.8. The molecule has 1 amide bonds. The Hall–Kier alpha value is -2.77. The van der Waals surface area contributed by atoms with E-state index in [9.17, 15) is 9.18 Å². The van der Waals surface area contributed by atoms with Crippen molar-refractivity contribution in [2.45, 2.75) is 43.9 Å². The van der Waals surface area contributed by atoms with E-state index in [1.807, 2.05) is 24.2 Å². The van der Waals surface area contributed by atoms with Gasteiger partial charge in [-0.05, 0) is 37.3 Å². The Morgan fingerprint density at radius 2 is 2.22 bits per heavy atom. The molecular weight excluding hydrogens is 347 g/mol. The Morgan fingerprint density at radius 3 is 2.93 bits per heavy atom. The number of carbonyl (C=O) groups is 1. The van der Waals surface area contributed by atoms with Gasteiger partial charge in [-0.1, -0.05) is 6.08 Å². The van der Waals surface area contributed by atoms with Crippen LogP contribution in [-0.2, 0) is 11.8 Å². The Labute approximate surface area is 156 Å². The molecule has 0 spiro atoms. The van der Waals surface area contributed by atoms with E-state index in [1.54, 1.807) is 17.1 Å². The molecule has 4 heterocycles. The fourth-order valence-electron chi connectivity index (χ4n) is 4.19. The lowest BCUT2D eigenvalue weighted by Gasteiger charge is -2.34. The highest BCUT2D eigenvalue weighted by Crippen LogP contribution is 2.43. The van der Waals surface area contributed by atoms with E-state index in [0.717, 1.165) is 36.2 Å². The van der Waals surface area contributed by atoms with Gasteiger partial charge in [0.2, 0.25) is 11.9 Å². The smallest absolute Gasteiger partial charge is 0.229 e. The van der Waals surface area contributed by atoms with Crippen LogP contribution in [0.2, 0.25) is 0 Å². The van der Waals surface area contributed by atoms with Crippen molar-refractivity contribution in [2.75, 3.05) is 5.32 Å². The summed E-state index contributed by atoms with van der Waals surface area (Å²) in [7, 11) is 1.85. The van der Waals surface area contributed by atoms with Gasteiger partial charge in [-0.3, -0.25) is 9.48 Å². The molecule has 8 heteroatoms. The van der Waals surface area contributed by atoms with Crippen LogP contribution in [0.15, 0.2) is 30.7 Å². The zero-order valence-corrected chi connectivity index (χ0v) is 15.0. The van der Waals surface area contributed by atoms with Gasteiger partial charge in [0.1, 0.15) is 6.17 Å². The van der Waals surface area contributed by atoms with Gasteiger partial charge in [-0.25, -0.2) is 14.4 Å². The minimum absolute atomic E-state index is 0.00748. The number of anilines is 2. The first-order valence-electron chi connectivity index (χ1n) is 9.34. The lowest BCUT2D eigenvalue weighted by atomic mass is 9.98. The summed E-state index contributed by atoms with van der Waals surface area (Å²) in [6, 6.07) is 2.11. The van der Waals surface area contributed by atoms with Crippen LogP contribution in [0.1, 0.15) is 31.4 Å². The van der Waals surface area contributed by atoms with Crippen molar-refractivity contribution < 1.29 is 9.18 Å². The first-order chi connectivity index (χ1) is 13.1. The number of rotatable bonds is 4. The summed E-state index contributed by atoms with van der Waals surface area (Å²) in [5.41, 5.74) is 2.83. The van der Waals surface area contributed by atoms with Crippen molar-refractivity contribution in [1.82, 2.24) is 24.6 Å². The number of aryl methyl sites for hydroxylation is 1. The molecule has 2 bridgehead atoms. The fourth-order valence-corrected chi connectivity index (χ4v) is 4.19. The number of amides is 1. The van der Waals surface area contributed by atoms with Crippen LogP contribution < -0.4 is 5.32 Å². The van der Waals surface area contributed by atoms with Gasteiger partial charge < -0.3 is 10.2 Å². The topological polar surface area (TPSA) is 75.9 Å². The van der Waals surface area contributed by atoms with Crippen LogP contribution >= 0.6 is 0 Å². The lowest BCUT2D eigenvalue weighted by molar-refractivity contribution is -0.135. The standard InChI is InChI=1S/C19H21FN6O/c1-25-10-12(9-22-25)23-19-21-5-4-17(24-19)11-6-13-2-3-14(7-11)26(13)18(27)15-8-16(15)20/h4-6,9-10,13-16H,2-3,7-8H2,1H3,(H,21,23,24)/t13-,14+,15-,16-/m1/s1. The maximum Gasteiger partial charge on any atom is 0.229 e. The second kappa shape index (κ2) is 6.14. The molecule has 1 saturated heterocycles. The molecule has 1 aliphatic carbocycles. The van der Waals surface area contributed by atoms with Crippen molar-refractivity contribution in [1.29, 1.82) is 0 Å². The van der Waals surface area contributed by atoms with Crippen molar-refractivity contribution in [2.24, 2.45) is 13.0 Å². The van der Waals surface area contributed by atoms with E-state index in [0.29, 0.717) is 12.4 Å². The molecule has 27 heavy (non-hydrogen) atoms. The Morgan fingerprint density at radius 1 is 1.37 bits per heavy atom. The summed E-state index contributed by atoms with van der Waals surface area (Å²) in [6.07, 6.45) is 9.56. The molecule has 1 saturated carbocycles. The summed E-state index contributed by atoms with van der Waals surface area (Å²) >= 11 is 0. The summed E-state index contributed by atoms with van der Waals surface area (Å²) in [6.45, 7) is 0. The van der Waals surface area contributed by atoms with Gasteiger partial charge in [-0.2, -0.15) is 5.10 Å². The molecule has 140 valence electrons. The molecule has 2 aliphatic heterocycles. The Bertz CT molecular complexity index is 924. The SMILES string of the molecule is Cn1cc(Nc2nccc(C3=C[C@H]4CC[C@@H](C3)N4C(=O)[C@@H]3C[C@H]3F)n2)cn1. The zero-order chi connectivity index (χ0) is 18.5. The summed E-state index contributed by atoms with van der Waals surface area (Å²) < 4.78 is 15.0. The third-order valence-corrected chi connectivity index (χ3v) is 5.63. The highest BCUT2D eigenvalue weighted by Gasteiger charge is 2.50. The summed E-state index contributed by atoms with van der Waals surface area (Å²) in [5.74, 6) is 0.106. The van der Waals surface area contributed by atoms with E-state index >= 15 is 0 Å². The van der Waals surface area contributed by atoms with Crippen molar-refractivity contribution in [3.05, 3.63) is 36.4 Å². The first-order valence-corrected chi connectivity index (χ1v) is 9.34. The summed E-state index contributed by atoms with van der Waals surface area (Å²) in [5, 5.41) is 7.28. The molecule has 4 atom stereocenters. The molecular formula is C19H21FN6O. The number of halogens is 1. The average molecular weight is 368 g/mol. The number of carbonyl (C=O) groups excluding carboxylic acids is 1. The third kappa shape index (κ3) is 2.98. The molecule has 2 aromatic heterocycles. The molecule has 5 rings (SSSR count). The number of hydrogen-bond donors (Lipinski definition) is 1. The molecule has 0 radical (unpaired) electrons. The maximum atomic E-state index is 13.3. The molecule has 3 aliphatic rings. The predicted octanol–water partition coefficient (Wildman–Crippen LogP) is 2.46. The molecule has 0 unspecified atom stereocenters. The van der Waals surface area contributed by atoms with Crippen LogP contribution in [0.4, 0.5) is 16.0 Å². The van der Waals surface area contributed by atoms with Crippen molar-refractivity contribution in [3.8, 4) is 0 Å². The monoisotopic (exact) mass is 368 g/mol.